The molecule has 0 fully saturated rings. The van der Waals surface area contributed by atoms with Crippen LogP contribution in [0.4, 0.5) is 14.5 Å². The Morgan fingerprint density at radius 3 is 2.59 bits per heavy atom. The van der Waals surface area contributed by atoms with Crippen LogP contribution < -0.4 is 15.6 Å². The van der Waals surface area contributed by atoms with E-state index in [2.05, 4.69) is 15.4 Å². The van der Waals surface area contributed by atoms with Crippen LogP contribution in [0.15, 0.2) is 53.5 Å². The molecule has 3 rings (SSSR count). The van der Waals surface area contributed by atoms with Gasteiger partial charge >= 0.3 is 0 Å². The SMILES string of the molecule is Cc1cc(C(=O)Nc2ccc(C(C)(C)O)nc2)c(=O)n(-c2ccccc2OCC(F)F)n1. The number of anilines is 1. The van der Waals surface area contributed by atoms with E-state index in [0.717, 1.165) is 4.68 Å². The predicted molar refractivity (Wildman–Crippen MR) is 114 cm³/mol. The molecule has 2 heterocycles. The van der Waals surface area contributed by atoms with Crippen LogP contribution in [0.1, 0.15) is 35.6 Å². The minimum Gasteiger partial charge on any atom is -0.485 e. The Kier molecular flexibility index (Phi) is 6.64. The summed E-state index contributed by atoms with van der Waals surface area (Å²) in [6.07, 6.45) is -1.33. The smallest absolute Gasteiger partial charge is 0.284 e. The Labute approximate surface area is 182 Å². The van der Waals surface area contributed by atoms with Gasteiger partial charge in [-0.05, 0) is 51.1 Å². The number of nitrogens with one attached hydrogen (secondary N) is 1. The van der Waals surface area contributed by atoms with E-state index in [-0.39, 0.29) is 17.0 Å². The molecule has 0 spiro atoms. The van der Waals surface area contributed by atoms with Gasteiger partial charge in [0.25, 0.3) is 17.9 Å². The molecule has 32 heavy (non-hydrogen) atoms. The number of benzene rings is 1. The molecule has 0 bridgehead atoms. The highest BCUT2D eigenvalue weighted by atomic mass is 19.3. The average Bonchev–Trinajstić information content (AvgIpc) is 2.73. The van der Waals surface area contributed by atoms with Gasteiger partial charge < -0.3 is 15.2 Å². The number of carbonyl (C=O) groups excluding carboxylic acids is 1. The summed E-state index contributed by atoms with van der Waals surface area (Å²) < 4.78 is 31.2. The van der Waals surface area contributed by atoms with Crippen LogP contribution >= 0.6 is 0 Å². The molecule has 8 nitrogen and oxygen atoms in total. The van der Waals surface area contributed by atoms with Crippen molar-refractivity contribution in [3.05, 3.63) is 76.0 Å². The first-order valence-electron chi connectivity index (χ1n) is 9.68. The Hall–Kier alpha value is -3.66. The molecule has 168 valence electrons. The van der Waals surface area contributed by atoms with Crippen molar-refractivity contribution in [1.29, 1.82) is 0 Å². The summed E-state index contributed by atoms with van der Waals surface area (Å²) in [5.41, 5.74) is -0.865. The number of halogens is 2. The quantitative estimate of drug-likeness (QED) is 0.580. The maximum Gasteiger partial charge on any atom is 0.284 e. The standard InChI is InChI=1S/C22H22F2N4O4/c1-13-10-15(20(29)26-14-8-9-18(25-11-14)22(2,3)31)21(30)28(27-13)16-6-4-5-7-17(16)32-12-19(23)24/h4-11,19,31H,12H2,1-3H3,(H,26,29). The Bertz CT molecular complexity index is 1170. The number of amides is 1. The molecule has 0 radical (unpaired) electrons. The number of hydrogen-bond donors (Lipinski definition) is 2. The number of carbonyl (C=O) groups is 1. The van der Waals surface area contributed by atoms with Crippen molar-refractivity contribution in [3.8, 4) is 11.4 Å². The number of nitrogens with zero attached hydrogens (tertiary/aromatic N) is 3. The monoisotopic (exact) mass is 444 g/mol. The highest BCUT2D eigenvalue weighted by Crippen LogP contribution is 2.22. The molecule has 0 aliphatic heterocycles. The van der Waals surface area contributed by atoms with Crippen LogP contribution in [0.25, 0.3) is 5.69 Å². The van der Waals surface area contributed by atoms with E-state index < -0.39 is 30.1 Å². The highest BCUT2D eigenvalue weighted by Gasteiger charge is 2.20. The molecule has 10 heteroatoms. The van der Waals surface area contributed by atoms with Gasteiger partial charge in [-0.3, -0.25) is 14.6 Å². The zero-order chi connectivity index (χ0) is 23.5. The number of rotatable bonds is 7. The Morgan fingerprint density at radius 2 is 1.97 bits per heavy atom. The van der Waals surface area contributed by atoms with Crippen molar-refractivity contribution >= 4 is 11.6 Å². The van der Waals surface area contributed by atoms with E-state index >= 15 is 0 Å². The molecule has 0 saturated carbocycles. The van der Waals surface area contributed by atoms with Crippen LogP contribution in [-0.2, 0) is 5.60 Å². The number of hydrogen-bond acceptors (Lipinski definition) is 6. The number of alkyl halides is 2. The minimum atomic E-state index is -2.69. The summed E-state index contributed by atoms with van der Waals surface area (Å²) in [6.45, 7) is 3.91. The van der Waals surface area contributed by atoms with Crippen molar-refractivity contribution in [2.45, 2.75) is 32.8 Å². The normalized spacial score (nSPS) is 11.5. The van der Waals surface area contributed by atoms with E-state index in [1.807, 2.05) is 0 Å². The summed E-state index contributed by atoms with van der Waals surface area (Å²) in [6, 6.07) is 10.5. The molecule has 0 aliphatic rings. The third-order valence-electron chi connectivity index (χ3n) is 4.38. The van der Waals surface area contributed by atoms with Gasteiger partial charge in [0, 0.05) is 0 Å². The fourth-order valence-corrected chi connectivity index (χ4v) is 2.88. The lowest BCUT2D eigenvalue weighted by Crippen LogP contribution is -2.31. The zero-order valence-corrected chi connectivity index (χ0v) is 17.7. The Morgan fingerprint density at radius 1 is 1.25 bits per heavy atom. The van der Waals surface area contributed by atoms with Crippen LogP contribution in [-0.4, -0.2) is 38.8 Å². The second-order valence-electron chi connectivity index (χ2n) is 7.53. The van der Waals surface area contributed by atoms with Gasteiger partial charge in [0.1, 0.15) is 29.2 Å². The van der Waals surface area contributed by atoms with Crippen molar-refractivity contribution in [2.24, 2.45) is 0 Å². The third kappa shape index (κ3) is 5.33. The highest BCUT2D eigenvalue weighted by molar-refractivity contribution is 6.04. The summed E-state index contributed by atoms with van der Waals surface area (Å²) in [5, 5.41) is 16.7. The van der Waals surface area contributed by atoms with E-state index in [9.17, 15) is 23.5 Å². The van der Waals surface area contributed by atoms with Crippen molar-refractivity contribution in [3.63, 3.8) is 0 Å². The van der Waals surface area contributed by atoms with Crippen LogP contribution in [0.2, 0.25) is 0 Å². The largest absolute Gasteiger partial charge is 0.485 e. The lowest BCUT2D eigenvalue weighted by atomic mass is 10.1. The van der Waals surface area contributed by atoms with Crippen molar-refractivity contribution < 1.29 is 23.4 Å². The molecule has 0 aliphatic carbocycles. The van der Waals surface area contributed by atoms with E-state index in [1.54, 1.807) is 45.0 Å². The molecule has 1 amide bonds. The predicted octanol–water partition coefficient (Wildman–Crippen LogP) is 3.06. The van der Waals surface area contributed by atoms with E-state index in [0.29, 0.717) is 17.1 Å². The second-order valence-corrected chi connectivity index (χ2v) is 7.53. The zero-order valence-electron chi connectivity index (χ0n) is 17.7. The molecule has 2 N–H and O–H groups in total. The first-order valence-corrected chi connectivity index (χ1v) is 9.68. The average molecular weight is 444 g/mol. The third-order valence-corrected chi connectivity index (χ3v) is 4.38. The fourth-order valence-electron chi connectivity index (χ4n) is 2.88. The summed E-state index contributed by atoms with van der Waals surface area (Å²) in [4.78, 5) is 29.9. The first kappa shape index (κ1) is 23.0. The van der Waals surface area contributed by atoms with E-state index in [4.69, 9.17) is 4.74 Å². The maximum absolute atomic E-state index is 13.0. The topological polar surface area (TPSA) is 106 Å². The number of pyridine rings is 1. The van der Waals surface area contributed by atoms with Gasteiger partial charge in [-0.15, -0.1) is 0 Å². The second kappa shape index (κ2) is 9.23. The number of aromatic nitrogens is 3. The maximum atomic E-state index is 13.0. The molecular formula is C22H22F2N4O4. The van der Waals surface area contributed by atoms with Gasteiger partial charge in [-0.1, -0.05) is 12.1 Å². The van der Waals surface area contributed by atoms with Gasteiger partial charge in [-0.2, -0.15) is 9.78 Å². The lowest BCUT2D eigenvalue weighted by Gasteiger charge is -2.16. The van der Waals surface area contributed by atoms with Crippen LogP contribution in [0.3, 0.4) is 0 Å². The van der Waals surface area contributed by atoms with Gasteiger partial charge in [-0.25, -0.2) is 8.78 Å². The number of aryl methyl sites for hydroxylation is 1. The number of aliphatic hydroxyl groups is 1. The van der Waals surface area contributed by atoms with Gasteiger partial charge in [0.15, 0.2) is 0 Å². The van der Waals surface area contributed by atoms with Gasteiger partial charge in [0.05, 0.1) is 23.3 Å². The molecule has 0 saturated heterocycles. The fraction of sp³-hybridized carbons (Fsp3) is 0.273. The summed E-state index contributed by atoms with van der Waals surface area (Å²) in [5.74, 6) is -0.663. The summed E-state index contributed by atoms with van der Waals surface area (Å²) in [7, 11) is 0. The number of para-hydroxylation sites is 2. The van der Waals surface area contributed by atoms with Crippen LogP contribution in [0, 0.1) is 6.92 Å². The lowest BCUT2D eigenvalue weighted by molar-refractivity contribution is 0.0739. The molecule has 0 atom stereocenters. The van der Waals surface area contributed by atoms with Crippen LogP contribution in [0.5, 0.6) is 5.75 Å². The minimum absolute atomic E-state index is 0.0331. The first-order chi connectivity index (χ1) is 15.1. The van der Waals surface area contributed by atoms with Gasteiger partial charge in [0.2, 0.25) is 0 Å². The molecule has 3 aromatic rings. The molecule has 0 unspecified atom stereocenters. The Balaban J connectivity index is 1.94. The molecule has 1 aromatic carbocycles. The van der Waals surface area contributed by atoms with E-state index in [1.165, 1.54) is 24.4 Å². The molecular weight excluding hydrogens is 422 g/mol. The van der Waals surface area contributed by atoms with Crippen molar-refractivity contribution in [2.75, 3.05) is 11.9 Å². The molecule has 2 aromatic heterocycles. The van der Waals surface area contributed by atoms with Crippen molar-refractivity contribution in [1.82, 2.24) is 14.8 Å². The number of ether oxygens (including phenoxy) is 1. The summed E-state index contributed by atoms with van der Waals surface area (Å²) >= 11 is 0.